The van der Waals surface area contributed by atoms with Gasteiger partial charge in [-0.15, -0.1) is 0 Å². The highest BCUT2D eigenvalue weighted by Crippen LogP contribution is 2.19. The average molecular weight is 256 g/mol. The lowest BCUT2D eigenvalue weighted by Gasteiger charge is -2.08. The van der Waals surface area contributed by atoms with E-state index in [4.69, 9.17) is 4.98 Å². The van der Waals surface area contributed by atoms with Gasteiger partial charge in [-0.25, -0.2) is 9.97 Å². The maximum Gasteiger partial charge on any atom is 0.138 e. The highest BCUT2D eigenvalue weighted by Gasteiger charge is 2.20. The van der Waals surface area contributed by atoms with Crippen LogP contribution in [0.15, 0.2) is 30.6 Å². The number of hydrogen-bond acceptors (Lipinski definition) is 3. The van der Waals surface area contributed by atoms with Gasteiger partial charge in [0.1, 0.15) is 11.6 Å². The molecule has 1 aliphatic rings. The molecule has 0 bridgehead atoms. The van der Waals surface area contributed by atoms with Gasteiger partial charge in [-0.1, -0.05) is 13.0 Å². The van der Waals surface area contributed by atoms with E-state index in [9.17, 15) is 0 Å². The van der Waals surface area contributed by atoms with Crippen LogP contribution in [0.1, 0.15) is 37.7 Å². The summed E-state index contributed by atoms with van der Waals surface area (Å²) in [6, 6.07) is 6.91. The quantitative estimate of drug-likeness (QED) is 0.863. The fourth-order valence-electron chi connectivity index (χ4n) is 2.19. The molecule has 0 radical (unpaired) electrons. The predicted molar refractivity (Wildman–Crippen MR) is 75.2 cm³/mol. The van der Waals surface area contributed by atoms with E-state index in [1.165, 1.54) is 12.8 Å². The van der Waals surface area contributed by atoms with Gasteiger partial charge >= 0.3 is 0 Å². The van der Waals surface area contributed by atoms with Crippen LogP contribution in [0.3, 0.4) is 0 Å². The number of pyridine rings is 1. The van der Waals surface area contributed by atoms with Crippen LogP contribution in [-0.2, 0) is 13.0 Å². The van der Waals surface area contributed by atoms with E-state index < -0.39 is 0 Å². The third kappa shape index (κ3) is 3.01. The van der Waals surface area contributed by atoms with Gasteiger partial charge < -0.3 is 5.32 Å². The number of hydrogen-bond donors (Lipinski definition) is 1. The molecule has 1 saturated carbocycles. The second kappa shape index (κ2) is 5.53. The van der Waals surface area contributed by atoms with E-state index in [0.717, 1.165) is 36.7 Å². The highest BCUT2D eigenvalue weighted by atomic mass is 15.1. The molecule has 0 atom stereocenters. The maximum absolute atomic E-state index is 4.72. The third-order valence-electron chi connectivity index (χ3n) is 3.38. The normalized spacial score (nSPS) is 14.8. The zero-order valence-electron chi connectivity index (χ0n) is 11.3. The number of aromatic nitrogens is 3. The van der Waals surface area contributed by atoms with E-state index in [1.54, 1.807) is 0 Å². The van der Waals surface area contributed by atoms with Gasteiger partial charge in [0.25, 0.3) is 0 Å². The molecular formula is C15H20N4. The van der Waals surface area contributed by atoms with Crippen molar-refractivity contribution < 1.29 is 0 Å². The van der Waals surface area contributed by atoms with Gasteiger partial charge in [0.05, 0.1) is 5.69 Å². The molecule has 1 fully saturated rings. The SMILES string of the molecule is CCCc1nccn1-c1cccc(CNC2CC2)n1. The number of aryl methyl sites for hydroxylation is 1. The molecule has 0 aliphatic heterocycles. The van der Waals surface area contributed by atoms with Crippen LogP contribution >= 0.6 is 0 Å². The van der Waals surface area contributed by atoms with Crippen molar-refractivity contribution in [2.24, 2.45) is 0 Å². The molecule has 0 saturated heterocycles. The summed E-state index contributed by atoms with van der Waals surface area (Å²) < 4.78 is 2.09. The average Bonchev–Trinajstić information content (AvgIpc) is 3.15. The zero-order valence-corrected chi connectivity index (χ0v) is 11.3. The number of nitrogens with zero attached hydrogens (tertiary/aromatic N) is 3. The summed E-state index contributed by atoms with van der Waals surface area (Å²) in [5, 5.41) is 3.50. The first-order valence-electron chi connectivity index (χ1n) is 7.08. The van der Waals surface area contributed by atoms with E-state index in [-0.39, 0.29) is 0 Å². The van der Waals surface area contributed by atoms with Crippen molar-refractivity contribution in [2.45, 2.75) is 45.2 Å². The summed E-state index contributed by atoms with van der Waals surface area (Å²) in [6.45, 7) is 3.03. The first-order chi connectivity index (χ1) is 9.36. The van der Waals surface area contributed by atoms with Gasteiger partial charge in [-0.3, -0.25) is 4.57 Å². The van der Waals surface area contributed by atoms with Crippen LogP contribution in [0.2, 0.25) is 0 Å². The van der Waals surface area contributed by atoms with Crippen molar-refractivity contribution in [1.82, 2.24) is 19.9 Å². The zero-order chi connectivity index (χ0) is 13.1. The highest BCUT2D eigenvalue weighted by molar-refractivity contribution is 5.26. The fraction of sp³-hybridized carbons (Fsp3) is 0.467. The summed E-state index contributed by atoms with van der Waals surface area (Å²) in [7, 11) is 0. The molecular weight excluding hydrogens is 236 g/mol. The maximum atomic E-state index is 4.72. The van der Waals surface area contributed by atoms with Crippen LogP contribution in [0.5, 0.6) is 0 Å². The Morgan fingerprint density at radius 2 is 2.26 bits per heavy atom. The van der Waals surface area contributed by atoms with Crippen molar-refractivity contribution in [3.05, 3.63) is 42.1 Å². The summed E-state index contributed by atoms with van der Waals surface area (Å²) >= 11 is 0. The number of rotatable bonds is 6. The van der Waals surface area contributed by atoms with Gasteiger partial charge in [0.2, 0.25) is 0 Å². The first kappa shape index (κ1) is 12.4. The monoisotopic (exact) mass is 256 g/mol. The van der Waals surface area contributed by atoms with E-state index in [0.29, 0.717) is 6.04 Å². The molecule has 1 N–H and O–H groups in total. The molecule has 0 unspecified atom stereocenters. The second-order valence-electron chi connectivity index (χ2n) is 5.11. The van der Waals surface area contributed by atoms with Crippen molar-refractivity contribution >= 4 is 0 Å². The molecule has 4 nitrogen and oxygen atoms in total. The molecule has 2 aromatic rings. The topological polar surface area (TPSA) is 42.7 Å². The molecule has 2 aromatic heterocycles. The van der Waals surface area contributed by atoms with Gasteiger partial charge in [-0.2, -0.15) is 0 Å². The molecule has 1 aliphatic carbocycles. The van der Waals surface area contributed by atoms with Crippen LogP contribution in [0.4, 0.5) is 0 Å². The molecule has 0 amide bonds. The minimum absolute atomic E-state index is 0.717. The first-order valence-corrected chi connectivity index (χ1v) is 7.08. The van der Waals surface area contributed by atoms with Gasteiger partial charge in [-0.05, 0) is 31.4 Å². The third-order valence-corrected chi connectivity index (χ3v) is 3.38. The lowest BCUT2D eigenvalue weighted by atomic mass is 10.3. The lowest BCUT2D eigenvalue weighted by Crippen LogP contribution is -2.16. The van der Waals surface area contributed by atoms with Gasteiger partial charge in [0, 0.05) is 31.4 Å². The number of nitrogens with one attached hydrogen (secondary N) is 1. The Bertz CT molecular complexity index is 543. The summed E-state index contributed by atoms with van der Waals surface area (Å²) in [5.74, 6) is 2.05. The predicted octanol–water partition coefficient (Wildman–Crippen LogP) is 2.47. The molecule has 100 valence electrons. The van der Waals surface area contributed by atoms with Crippen molar-refractivity contribution in [3.8, 4) is 5.82 Å². The van der Waals surface area contributed by atoms with Crippen molar-refractivity contribution in [1.29, 1.82) is 0 Å². The Morgan fingerprint density at radius 3 is 3.05 bits per heavy atom. The van der Waals surface area contributed by atoms with Crippen LogP contribution in [-0.4, -0.2) is 20.6 Å². The van der Waals surface area contributed by atoms with Crippen LogP contribution in [0.25, 0.3) is 5.82 Å². The molecule has 19 heavy (non-hydrogen) atoms. The molecule has 3 rings (SSSR count). The van der Waals surface area contributed by atoms with E-state index in [1.807, 2.05) is 18.5 Å². The van der Waals surface area contributed by atoms with E-state index >= 15 is 0 Å². The molecule has 2 heterocycles. The standard InChI is InChI=1S/C15H20N4/c1-2-4-14-16-9-10-19(14)15-6-3-5-13(18-15)11-17-12-7-8-12/h3,5-6,9-10,12,17H,2,4,7-8,11H2,1H3. The fourth-order valence-corrected chi connectivity index (χ4v) is 2.19. The van der Waals surface area contributed by atoms with Crippen molar-refractivity contribution in [3.63, 3.8) is 0 Å². The smallest absolute Gasteiger partial charge is 0.138 e. The Morgan fingerprint density at radius 1 is 1.37 bits per heavy atom. The van der Waals surface area contributed by atoms with Crippen LogP contribution in [0, 0.1) is 0 Å². The Balaban J connectivity index is 1.78. The second-order valence-corrected chi connectivity index (χ2v) is 5.11. The molecule has 0 aromatic carbocycles. The Kier molecular flexibility index (Phi) is 3.60. The van der Waals surface area contributed by atoms with Crippen LogP contribution < -0.4 is 5.32 Å². The Labute approximate surface area is 113 Å². The minimum atomic E-state index is 0.717. The molecule has 0 spiro atoms. The molecule has 4 heteroatoms. The number of imidazole rings is 1. The van der Waals surface area contributed by atoms with Crippen molar-refractivity contribution in [2.75, 3.05) is 0 Å². The van der Waals surface area contributed by atoms with Gasteiger partial charge in [0.15, 0.2) is 0 Å². The summed E-state index contributed by atoms with van der Waals surface area (Å²) in [4.78, 5) is 9.12. The minimum Gasteiger partial charge on any atom is -0.308 e. The van der Waals surface area contributed by atoms with E-state index in [2.05, 4.69) is 33.9 Å². The Hall–Kier alpha value is -1.68. The largest absolute Gasteiger partial charge is 0.308 e. The lowest BCUT2D eigenvalue weighted by molar-refractivity contribution is 0.671. The summed E-state index contributed by atoms with van der Waals surface area (Å²) in [6.07, 6.45) is 8.54. The summed E-state index contributed by atoms with van der Waals surface area (Å²) in [5.41, 5.74) is 1.10.